The number of carboxylic acids is 1. The van der Waals surface area contributed by atoms with Crippen LogP contribution in [-0.2, 0) is 4.79 Å². The summed E-state index contributed by atoms with van der Waals surface area (Å²) < 4.78 is 0. The van der Waals surface area contributed by atoms with Crippen LogP contribution in [0.5, 0.6) is 0 Å². The standard InChI is InChI=1S/C11H20O2/c1-8(2)9-4-3-5-10(7-6-9)11(12)13/h8-10H,3-7H2,1-2H3,(H,12,13). The van der Waals surface area contributed by atoms with E-state index in [0.29, 0.717) is 5.92 Å². The molecule has 2 nitrogen and oxygen atoms in total. The van der Waals surface area contributed by atoms with Crippen molar-refractivity contribution >= 4 is 5.97 Å². The van der Waals surface area contributed by atoms with Gasteiger partial charge >= 0.3 is 5.97 Å². The largest absolute Gasteiger partial charge is 0.481 e. The van der Waals surface area contributed by atoms with E-state index in [9.17, 15) is 4.79 Å². The van der Waals surface area contributed by atoms with Crippen molar-refractivity contribution < 1.29 is 9.90 Å². The molecule has 76 valence electrons. The van der Waals surface area contributed by atoms with Crippen molar-refractivity contribution in [3.05, 3.63) is 0 Å². The summed E-state index contributed by atoms with van der Waals surface area (Å²) in [5.74, 6) is 0.810. The van der Waals surface area contributed by atoms with Crippen molar-refractivity contribution in [3.63, 3.8) is 0 Å². The van der Waals surface area contributed by atoms with Gasteiger partial charge in [-0.2, -0.15) is 0 Å². The van der Waals surface area contributed by atoms with Gasteiger partial charge in [0.05, 0.1) is 5.92 Å². The van der Waals surface area contributed by atoms with Gasteiger partial charge in [0.1, 0.15) is 0 Å². The van der Waals surface area contributed by atoms with Gasteiger partial charge in [0, 0.05) is 0 Å². The first-order valence-corrected chi connectivity index (χ1v) is 5.34. The molecule has 0 aromatic carbocycles. The molecule has 0 aromatic heterocycles. The highest BCUT2D eigenvalue weighted by molar-refractivity contribution is 5.69. The molecule has 0 heterocycles. The van der Waals surface area contributed by atoms with E-state index < -0.39 is 5.97 Å². The van der Waals surface area contributed by atoms with Gasteiger partial charge in [-0.15, -0.1) is 0 Å². The fourth-order valence-electron chi connectivity index (χ4n) is 2.24. The molecule has 1 rings (SSSR count). The van der Waals surface area contributed by atoms with Crippen molar-refractivity contribution in [2.75, 3.05) is 0 Å². The van der Waals surface area contributed by atoms with Crippen LogP contribution in [0.2, 0.25) is 0 Å². The molecular formula is C11H20O2. The Morgan fingerprint density at radius 1 is 1.23 bits per heavy atom. The Balaban J connectivity index is 2.44. The second-order valence-corrected chi connectivity index (χ2v) is 4.55. The molecule has 1 aliphatic carbocycles. The number of hydrogen-bond acceptors (Lipinski definition) is 1. The summed E-state index contributed by atoms with van der Waals surface area (Å²) in [5.41, 5.74) is 0. The average Bonchev–Trinajstić information content (AvgIpc) is 2.27. The van der Waals surface area contributed by atoms with E-state index >= 15 is 0 Å². The van der Waals surface area contributed by atoms with Crippen LogP contribution in [0.3, 0.4) is 0 Å². The molecule has 0 amide bonds. The Bertz CT molecular complexity index is 175. The van der Waals surface area contributed by atoms with Crippen molar-refractivity contribution in [1.82, 2.24) is 0 Å². The van der Waals surface area contributed by atoms with Crippen LogP contribution >= 0.6 is 0 Å². The lowest BCUT2D eigenvalue weighted by Gasteiger charge is -2.17. The molecule has 0 spiro atoms. The minimum atomic E-state index is -0.593. The van der Waals surface area contributed by atoms with Crippen LogP contribution < -0.4 is 0 Å². The summed E-state index contributed by atoms with van der Waals surface area (Å²) in [7, 11) is 0. The second kappa shape index (κ2) is 4.64. The van der Waals surface area contributed by atoms with Crippen LogP contribution in [0.25, 0.3) is 0 Å². The zero-order chi connectivity index (χ0) is 9.84. The first-order valence-electron chi connectivity index (χ1n) is 5.34. The van der Waals surface area contributed by atoms with E-state index in [2.05, 4.69) is 13.8 Å². The Morgan fingerprint density at radius 2 is 1.92 bits per heavy atom. The quantitative estimate of drug-likeness (QED) is 0.670. The van der Waals surface area contributed by atoms with E-state index in [-0.39, 0.29) is 5.92 Å². The summed E-state index contributed by atoms with van der Waals surface area (Å²) in [5, 5.41) is 8.89. The molecule has 0 aromatic rings. The SMILES string of the molecule is CC(C)C1CCCC(C(=O)O)CC1. The van der Waals surface area contributed by atoms with Gasteiger partial charge in [0.25, 0.3) is 0 Å². The normalized spacial score (nSPS) is 30.1. The smallest absolute Gasteiger partial charge is 0.306 e. The first-order chi connectivity index (χ1) is 6.11. The van der Waals surface area contributed by atoms with E-state index in [1.807, 2.05) is 0 Å². The third-order valence-corrected chi connectivity index (χ3v) is 3.31. The van der Waals surface area contributed by atoms with Crippen molar-refractivity contribution in [2.24, 2.45) is 17.8 Å². The highest BCUT2D eigenvalue weighted by Gasteiger charge is 2.24. The maximum atomic E-state index is 10.8. The number of rotatable bonds is 2. The first kappa shape index (κ1) is 10.6. The molecule has 2 unspecified atom stereocenters. The molecule has 1 saturated carbocycles. The Morgan fingerprint density at radius 3 is 2.46 bits per heavy atom. The van der Waals surface area contributed by atoms with Crippen LogP contribution in [0.4, 0.5) is 0 Å². The fraction of sp³-hybridized carbons (Fsp3) is 0.909. The zero-order valence-electron chi connectivity index (χ0n) is 8.62. The molecule has 0 bridgehead atoms. The van der Waals surface area contributed by atoms with Crippen LogP contribution in [-0.4, -0.2) is 11.1 Å². The molecular weight excluding hydrogens is 164 g/mol. The van der Waals surface area contributed by atoms with Gasteiger partial charge in [-0.1, -0.05) is 26.7 Å². The lowest BCUT2D eigenvalue weighted by atomic mass is 9.88. The third kappa shape index (κ3) is 3.02. The Hall–Kier alpha value is -0.530. The Kier molecular flexibility index (Phi) is 3.76. The Labute approximate surface area is 80.3 Å². The highest BCUT2D eigenvalue weighted by Crippen LogP contribution is 2.31. The summed E-state index contributed by atoms with van der Waals surface area (Å²) in [6.07, 6.45) is 5.20. The van der Waals surface area contributed by atoms with Gasteiger partial charge in [-0.25, -0.2) is 0 Å². The minimum Gasteiger partial charge on any atom is -0.481 e. The molecule has 1 aliphatic rings. The van der Waals surface area contributed by atoms with Gasteiger partial charge < -0.3 is 5.11 Å². The van der Waals surface area contributed by atoms with Crippen molar-refractivity contribution in [1.29, 1.82) is 0 Å². The van der Waals surface area contributed by atoms with E-state index in [4.69, 9.17) is 5.11 Å². The lowest BCUT2D eigenvalue weighted by Crippen LogP contribution is -2.13. The van der Waals surface area contributed by atoms with Gasteiger partial charge in [0.2, 0.25) is 0 Å². The van der Waals surface area contributed by atoms with E-state index in [1.54, 1.807) is 0 Å². The maximum absolute atomic E-state index is 10.8. The van der Waals surface area contributed by atoms with E-state index in [0.717, 1.165) is 31.6 Å². The van der Waals surface area contributed by atoms with Crippen LogP contribution in [0.15, 0.2) is 0 Å². The molecule has 0 saturated heterocycles. The van der Waals surface area contributed by atoms with Gasteiger partial charge in [-0.05, 0) is 31.1 Å². The fourth-order valence-corrected chi connectivity index (χ4v) is 2.24. The molecule has 0 aliphatic heterocycles. The van der Waals surface area contributed by atoms with Crippen LogP contribution in [0.1, 0.15) is 46.0 Å². The lowest BCUT2D eigenvalue weighted by molar-refractivity contribution is -0.142. The molecule has 13 heavy (non-hydrogen) atoms. The summed E-state index contributed by atoms with van der Waals surface area (Å²) >= 11 is 0. The van der Waals surface area contributed by atoms with Crippen LogP contribution in [0, 0.1) is 17.8 Å². The van der Waals surface area contributed by atoms with E-state index in [1.165, 1.54) is 6.42 Å². The summed E-state index contributed by atoms with van der Waals surface area (Å²) in [6.45, 7) is 4.48. The van der Waals surface area contributed by atoms with Crippen molar-refractivity contribution in [2.45, 2.75) is 46.0 Å². The number of carboxylic acid groups (broad SMARTS) is 1. The zero-order valence-corrected chi connectivity index (χ0v) is 8.62. The highest BCUT2D eigenvalue weighted by atomic mass is 16.4. The minimum absolute atomic E-state index is 0.0660. The molecule has 1 N–H and O–H groups in total. The summed E-state index contributed by atoms with van der Waals surface area (Å²) in [6, 6.07) is 0. The maximum Gasteiger partial charge on any atom is 0.306 e. The predicted octanol–water partition coefficient (Wildman–Crippen LogP) is 2.92. The monoisotopic (exact) mass is 184 g/mol. The topological polar surface area (TPSA) is 37.3 Å². The summed E-state index contributed by atoms with van der Waals surface area (Å²) in [4.78, 5) is 10.8. The molecule has 1 fully saturated rings. The predicted molar refractivity (Wildman–Crippen MR) is 52.5 cm³/mol. The number of aliphatic carboxylic acids is 1. The molecule has 0 radical (unpaired) electrons. The van der Waals surface area contributed by atoms with Crippen molar-refractivity contribution in [3.8, 4) is 0 Å². The van der Waals surface area contributed by atoms with Gasteiger partial charge in [-0.3, -0.25) is 4.79 Å². The number of carbonyl (C=O) groups is 1. The molecule has 2 atom stereocenters. The average molecular weight is 184 g/mol. The third-order valence-electron chi connectivity index (χ3n) is 3.31. The number of hydrogen-bond donors (Lipinski definition) is 1. The second-order valence-electron chi connectivity index (χ2n) is 4.55. The molecule has 2 heteroatoms. The van der Waals surface area contributed by atoms with Gasteiger partial charge in [0.15, 0.2) is 0 Å².